The number of fused-ring (bicyclic) bond motifs is 4. The van der Waals surface area contributed by atoms with Gasteiger partial charge in [-0.1, -0.05) is 0 Å². The van der Waals surface area contributed by atoms with Gasteiger partial charge in [0.05, 0.1) is 0 Å². The molecule has 0 aliphatic carbocycles. The van der Waals surface area contributed by atoms with Crippen LogP contribution < -0.4 is 5.32 Å². The second-order valence-electron chi connectivity index (χ2n) is 5.91. The molecular formula is C15H17N3O2S. The summed E-state index contributed by atoms with van der Waals surface area (Å²) in [5, 5.41) is 4.52. The molecule has 21 heavy (non-hydrogen) atoms. The van der Waals surface area contributed by atoms with E-state index in [-0.39, 0.29) is 11.9 Å². The van der Waals surface area contributed by atoms with Crippen LogP contribution in [0, 0.1) is 5.92 Å². The Bertz CT molecular complexity index is 691. The van der Waals surface area contributed by atoms with Crippen LogP contribution in [0.4, 0.5) is 0 Å². The molecule has 1 N–H and O–H groups in total. The smallest absolute Gasteiger partial charge is 0.270 e. The molecule has 3 aliphatic rings. The third kappa shape index (κ3) is 2.42. The molecule has 5 rings (SSSR count). The minimum absolute atomic E-state index is 0.118. The Morgan fingerprint density at radius 3 is 2.90 bits per heavy atom. The zero-order chi connectivity index (χ0) is 14.4. The Balaban J connectivity index is 1.53. The summed E-state index contributed by atoms with van der Waals surface area (Å²) >= 11 is 4.16. The third-order valence-corrected chi connectivity index (χ3v) is 4.81. The van der Waals surface area contributed by atoms with Gasteiger partial charge in [-0.15, -0.1) is 12.6 Å². The molecule has 0 aromatic carbocycles. The molecule has 2 aromatic rings. The molecule has 5 heterocycles. The van der Waals surface area contributed by atoms with E-state index in [0.717, 1.165) is 11.9 Å². The molecular weight excluding hydrogens is 286 g/mol. The van der Waals surface area contributed by atoms with Crippen molar-refractivity contribution in [3.8, 4) is 0 Å². The van der Waals surface area contributed by atoms with E-state index in [1.54, 1.807) is 18.3 Å². The summed E-state index contributed by atoms with van der Waals surface area (Å²) in [6.07, 6.45) is 4.02. The van der Waals surface area contributed by atoms with E-state index < -0.39 is 0 Å². The van der Waals surface area contributed by atoms with Crippen molar-refractivity contribution in [3.05, 3.63) is 24.0 Å². The number of hydrogen-bond donors (Lipinski definition) is 2. The summed E-state index contributed by atoms with van der Waals surface area (Å²) < 4.78 is 5.43. The van der Waals surface area contributed by atoms with Gasteiger partial charge < -0.3 is 14.6 Å². The fraction of sp³-hybridized carbons (Fsp3) is 0.467. The van der Waals surface area contributed by atoms with Crippen molar-refractivity contribution >= 4 is 29.5 Å². The van der Waals surface area contributed by atoms with Crippen molar-refractivity contribution < 1.29 is 9.21 Å². The van der Waals surface area contributed by atoms with Gasteiger partial charge in [-0.25, -0.2) is 0 Å². The van der Waals surface area contributed by atoms with E-state index in [9.17, 15) is 4.79 Å². The van der Waals surface area contributed by atoms with E-state index in [2.05, 4.69) is 27.8 Å². The molecule has 3 saturated heterocycles. The first-order chi connectivity index (χ1) is 10.2. The number of thiol groups is 1. The van der Waals surface area contributed by atoms with Crippen LogP contribution in [0.15, 0.2) is 27.8 Å². The van der Waals surface area contributed by atoms with Crippen LogP contribution in [0.25, 0.3) is 11.0 Å². The highest BCUT2D eigenvalue weighted by Gasteiger charge is 2.35. The lowest BCUT2D eigenvalue weighted by Gasteiger charge is -2.44. The maximum absolute atomic E-state index is 12.4. The predicted molar refractivity (Wildman–Crippen MR) is 81.7 cm³/mol. The van der Waals surface area contributed by atoms with Crippen LogP contribution in [-0.4, -0.2) is 41.5 Å². The normalized spacial score (nSPS) is 28.0. The van der Waals surface area contributed by atoms with Crippen LogP contribution in [0.3, 0.4) is 0 Å². The van der Waals surface area contributed by atoms with Gasteiger partial charge in [0.15, 0.2) is 5.09 Å². The minimum atomic E-state index is -0.118. The summed E-state index contributed by atoms with van der Waals surface area (Å²) in [6, 6.07) is 3.72. The molecule has 0 saturated carbocycles. The Hall–Kier alpha value is -1.53. The standard InChI is InChI=1S/C15H17N3O2S/c19-15(17-12-8-18-3-1-9(12)2-4-18)11-6-13-10(7-16-11)5-14(21)20-13/h5-7,9,12,21H,1-4,8H2,(H,17,19)/t12-/m0/s1. The fourth-order valence-electron chi connectivity index (χ4n) is 3.41. The van der Waals surface area contributed by atoms with E-state index in [1.807, 2.05) is 0 Å². The number of carbonyl (C=O) groups is 1. The van der Waals surface area contributed by atoms with Crippen molar-refractivity contribution in [1.29, 1.82) is 0 Å². The van der Waals surface area contributed by atoms with Gasteiger partial charge in [0, 0.05) is 30.2 Å². The summed E-state index contributed by atoms with van der Waals surface area (Å²) in [6.45, 7) is 3.29. The van der Waals surface area contributed by atoms with Crippen LogP contribution >= 0.6 is 12.6 Å². The van der Waals surface area contributed by atoms with Crippen molar-refractivity contribution in [2.24, 2.45) is 5.92 Å². The first kappa shape index (κ1) is 13.2. The Kier molecular flexibility index (Phi) is 3.15. The highest BCUT2D eigenvalue weighted by Crippen LogP contribution is 2.28. The largest absolute Gasteiger partial charge is 0.450 e. The molecule has 110 valence electrons. The highest BCUT2D eigenvalue weighted by atomic mass is 32.1. The predicted octanol–water partition coefficient (Wildman–Crippen LogP) is 1.94. The van der Waals surface area contributed by atoms with Gasteiger partial charge in [0.2, 0.25) is 0 Å². The molecule has 1 amide bonds. The molecule has 1 atom stereocenters. The van der Waals surface area contributed by atoms with Crippen molar-refractivity contribution in [2.45, 2.75) is 24.0 Å². The lowest BCUT2D eigenvalue weighted by Crippen LogP contribution is -2.57. The topological polar surface area (TPSA) is 58.4 Å². The first-order valence-corrected chi connectivity index (χ1v) is 7.75. The Labute approximate surface area is 128 Å². The van der Waals surface area contributed by atoms with Crippen molar-refractivity contribution in [1.82, 2.24) is 15.2 Å². The van der Waals surface area contributed by atoms with Crippen LogP contribution in [0.2, 0.25) is 0 Å². The van der Waals surface area contributed by atoms with Crippen molar-refractivity contribution in [2.75, 3.05) is 19.6 Å². The van der Waals surface area contributed by atoms with Crippen LogP contribution in [0.1, 0.15) is 23.3 Å². The number of nitrogens with one attached hydrogen (secondary N) is 1. The third-order valence-electron chi connectivity index (χ3n) is 4.59. The number of rotatable bonds is 2. The van der Waals surface area contributed by atoms with Crippen LogP contribution in [0.5, 0.6) is 0 Å². The number of nitrogens with zero attached hydrogens (tertiary/aromatic N) is 2. The second-order valence-corrected chi connectivity index (χ2v) is 6.35. The number of piperidine rings is 3. The van der Waals surface area contributed by atoms with Gasteiger partial charge in [-0.05, 0) is 37.9 Å². The molecule has 2 aromatic heterocycles. The van der Waals surface area contributed by atoms with E-state index in [1.165, 1.54) is 25.9 Å². The molecule has 0 spiro atoms. The number of hydrogen-bond acceptors (Lipinski definition) is 5. The summed E-state index contributed by atoms with van der Waals surface area (Å²) in [5.41, 5.74) is 1.05. The number of carbonyl (C=O) groups excluding carboxylic acids is 1. The number of furan rings is 1. The Morgan fingerprint density at radius 1 is 1.38 bits per heavy atom. The number of amides is 1. The van der Waals surface area contributed by atoms with Crippen LogP contribution in [-0.2, 0) is 0 Å². The highest BCUT2D eigenvalue weighted by molar-refractivity contribution is 7.80. The molecule has 3 aliphatic heterocycles. The van der Waals surface area contributed by atoms with E-state index in [0.29, 0.717) is 22.3 Å². The summed E-state index contributed by atoms with van der Waals surface area (Å²) in [7, 11) is 0. The lowest BCUT2D eigenvalue weighted by atomic mass is 9.84. The van der Waals surface area contributed by atoms with Gasteiger partial charge in [-0.2, -0.15) is 0 Å². The molecule has 6 heteroatoms. The quantitative estimate of drug-likeness (QED) is 0.833. The van der Waals surface area contributed by atoms with E-state index in [4.69, 9.17) is 4.42 Å². The SMILES string of the molecule is O=C(N[C@H]1CN2CCC1CC2)c1cc2oc(S)cc2cn1. The first-order valence-electron chi connectivity index (χ1n) is 7.31. The maximum Gasteiger partial charge on any atom is 0.270 e. The average Bonchev–Trinajstić information content (AvgIpc) is 2.87. The molecule has 2 bridgehead atoms. The minimum Gasteiger partial charge on any atom is -0.450 e. The van der Waals surface area contributed by atoms with Gasteiger partial charge in [0.1, 0.15) is 11.3 Å². The van der Waals surface area contributed by atoms with Gasteiger partial charge in [-0.3, -0.25) is 9.78 Å². The second kappa shape index (κ2) is 5.03. The summed E-state index contributed by atoms with van der Waals surface area (Å²) in [4.78, 5) is 19.0. The molecule has 5 nitrogen and oxygen atoms in total. The number of pyridine rings is 1. The average molecular weight is 303 g/mol. The van der Waals surface area contributed by atoms with E-state index >= 15 is 0 Å². The number of aromatic nitrogens is 1. The lowest BCUT2D eigenvalue weighted by molar-refractivity contribution is 0.0618. The molecule has 0 unspecified atom stereocenters. The maximum atomic E-state index is 12.4. The molecule has 3 fully saturated rings. The van der Waals surface area contributed by atoms with Crippen molar-refractivity contribution in [3.63, 3.8) is 0 Å². The van der Waals surface area contributed by atoms with Gasteiger partial charge in [0.25, 0.3) is 5.91 Å². The summed E-state index contributed by atoms with van der Waals surface area (Å²) in [5.74, 6) is 0.489. The zero-order valence-corrected chi connectivity index (χ0v) is 12.5. The molecule has 0 radical (unpaired) electrons. The van der Waals surface area contributed by atoms with Gasteiger partial charge >= 0.3 is 0 Å². The zero-order valence-electron chi connectivity index (χ0n) is 11.6. The Morgan fingerprint density at radius 2 is 2.19 bits per heavy atom. The monoisotopic (exact) mass is 303 g/mol. The fourth-order valence-corrected chi connectivity index (χ4v) is 3.65.